The fraction of sp³-hybridized carbons (Fsp3) is 0.333. The molecule has 0 saturated carbocycles. The van der Waals surface area contributed by atoms with Gasteiger partial charge in [-0.2, -0.15) is 0 Å². The number of amides is 1. The molecule has 0 aromatic carbocycles. The maximum absolute atomic E-state index is 11.8. The van der Waals surface area contributed by atoms with Crippen LogP contribution in [0.5, 0.6) is 0 Å². The van der Waals surface area contributed by atoms with E-state index in [0.717, 1.165) is 30.0 Å². The van der Waals surface area contributed by atoms with Gasteiger partial charge in [0.25, 0.3) is 5.91 Å². The minimum absolute atomic E-state index is 0.0258. The summed E-state index contributed by atoms with van der Waals surface area (Å²) < 4.78 is 0. The highest BCUT2D eigenvalue weighted by Gasteiger charge is 2.15. The summed E-state index contributed by atoms with van der Waals surface area (Å²) in [5.74, 6) is -0.0258. The van der Waals surface area contributed by atoms with E-state index in [4.69, 9.17) is 0 Å². The van der Waals surface area contributed by atoms with Crippen molar-refractivity contribution >= 4 is 11.6 Å². The van der Waals surface area contributed by atoms with Crippen LogP contribution in [0.4, 0.5) is 5.69 Å². The van der Waals surface area contributed by atoms with E-state index in [-0.39, 0.29) is 5.91 Å². The van der Waals surface area contributed by atoms with Crippen LogP contribution < -0.4 is 10.6 Å². The van der Waals surface area contributed by atoms with Crippen molar-refractivity contribution in [3.05, 3.63) is 35.2 Å². The quantitative estimate of drug-likeness (QED) is 0.733. The number of hydrogen-bond acceptors (Lipinski definition) is 3. The van der Waals surface area contributed by atoms with Crippen molar-refractivity contribution in [2.24, 2.45) is 0 Å². The maximum Gasteiger partial charge on any atom is 0.251 e. The van der Waals surface area contributed by atoms with Crippen LogP contribution in [0.1, 0.15) is 12.6 Å². The Kier molecular flexibility index (Phi) is 3.01. The van der Waals surface area contributed by atoms with Crippen molar-refractivity contribution in [2.75, 3.05) is 18.4 Å². The first-order valence-electron chi connectivity index (χ1n) is 5.30. The molecule has 0 aliphatic carbocycles. The number of nitrogens with zero attached hydrogens (tertiary/aromatic N) is 1. The SMILES string of the molecule is CC(C(=O)Nc1ccnc(C)c1)=C1CNC1. The zero-order valence-corrected chi connectivity index (χ0v) is 9.50. The number of carbonyl (C=O) groups excluding carboxylic acids is 1. The minimum atomic E-state index is -0.0258. The van der Waals surface area contributed by atoms with Crippen LogP contribution in [0.25, 0.3) is 0 Å². The lowest BCUT2D eigenvalue weighted by Gasteiger charge is -2.21. The number of nitrogens with one attached hydrogen (secondary N) is 2. The average Bonchev–Trinajstić information content (AvgIpc) is 2.14. The van der Waals surface area contributed by atoms with Gasteiger partial charge in [-0.1, -0.05) is 0 Å². The number of pyridine rings is 1. The first-order valence-corrected chi connectivity index (χ1v) is 5.30. The second kappa shape index (κ2) is 4.45. The molecule has 16 heavy (non-hydrogen) atoms. The summed E-state index contributed by atoms with van der Waals surface area (Å²) in [6.07, 6.45) is 1.69. The van der Waals surface area contributed by atoms with E-state index in [2.05, 4.69) is 15.6 Å². The second-order valence-electron chi connectivity index (χ2n) is 3.97. The van der Waals surface area contributed by atoms with E-state index >= 15 is 0 Å². The van der Waals surface area contributed by atoms with Crippen molar-refractivity contribution in [3.8, 4) is 0 Å². The van der Waals surface area contributed by atoms with Gasteiger partial charge in [0.15, 0.2) is 0 Å². The number of aryl methyl sites for hydroxylation is 1. The Bertz CT molecular complexity index is 445. The molecular weight excluding hydrogens is 202 g/mol. The van der Waals surface area contributed by atoms with E-state index < -0.39 is 0 Å². The van der Waals surface area contributed by atoms with Gasteiger partial charge in [-0.15, -0.1) is 0 Å². The van der Waals surface area contributed by atoms with E-state index in [9.17, 15) is 4.79 Å². The Morgan fingerprint density at radius 1 is 1.50 bits per heavy atom. The Hall–Kier alpha value is -1.68. The molecule has 2 rings (SSSR count). The lowest BCUT2D eigenvalue weighted by Crippen LogP contribution is -2.36. The van der Waals surface area contributed by atoms with Crippen molar-refractivity contribution in [3.63, 3.8) is 0 Å². The lowest BCUT2D eigenvalue weighted by molar-refractivity contribution is -0.112. The van der Waals surface area contributed by atoms with Crippen molar-refractivity contribution < 1.29 is 4.79 Å². The molecule has 0 atom stereocenters. The van der Waals surface area contributed by atoms with Crippen molar-refractivity contribution in [1.82, 2.24) is 10.3 Å². The molecule has 1 fully saturated rings. The predicted octanol–water partition coefficient (Wildman–Crippen LogP) is 1.25. The molecule has 1 aromatic rings. The number of anilines is 1. The summed E-state index contributed by atoms with van der Waals surface area (Å²) in [6.45, 7) is 5.42. The first-order chi connectivity index (χ1) is 7.66. The third kappa shape index (κ3) is 2.28. The molecule has 4 nitrogen and oxygen atoms in total. The predicted molar refractivity (Wildman–Crippen MR) is 63.2 cm³/mol. The Labute approximate surface area is 94.8 Å². The minimum Gasteiger partial charge on any atom is -0.322 e. The standard InChI is InChI=1S/C12H15N3O/c1-8-5-11(3-4-14-8)15-12(16)9(2)10-6-13-7-10/h3-5,13H,6-7H2,1-2H3,(H,14,15,16). The first kappa shape index (κ1) is 10.8. The highest BCUT2D eigenvalue weighted by Crippen LogP contribution is 2.13. The third-order valence-electron chi connectivity index (χ3n) is 2.70. The van der Waals surface area contributed by atoms with Gasteiger partial charge in [0.2, 0.25) is 0 Å². The van der Waals surface area contributed by atoms with Crippen LogP contribution in [0.15, 0.2) is 29.5 Å². The summed E-state index contributed by atoms with van der Waals surface area (Å²) in [7, 11) is 0. The van der Waals surface area contributed by atoms with Gasteiger partial charge in [-0.3, -0.25) is 9.78 Å². The highest BCUT2D eigenvalue weighted by atomic mass is 16.1. The van der Waals surface area contributed by atoms with Crippen molar-refractivity contribution in [2.45, 2.75) is 13.8 Å². The van der Waals surface area contributed by atoms with E-state index in [1.165, 1.54) is 5.57 Å². The van der Waals surface area contributed by atoms with Gasteiger partial charge in [0, 0.05) is 36.2 Å². The molecule has 1 saturated heterocycles. The largest absolute Gasteiger partial charge is 0.322 e. The molecule has 0 bridgehead atoms. The molecular formula is C12H15N3O. The number of carbonyl (C=O) groups is 1. The molecule has 1 amide bonds. The van der Waals surface area contributed by atoms with Crippen LogP contribution in [-0.4, -0.2) is 24.0 Å². The smallest absolute Gasteiger partial charge is 0.251 e. The zero-order valence-electron chi connectivity index (χ0n) is 9.50. The van der Waals surface area contributed by atoms with Gasteiger partial charge < -0.3 is 10.6 Å². The van der Waals surface area contributed by atoms with Crippen LogP contribution >= 0.6 is 0 Å². The van der Waals surface area contributed by atoms with E-state index in [1.54, 1.807) is 12.3 Å². The van der Waals surface area contributed by atoms with Gasteiger partial charge in [-0.05, 0) is 31.6 Å². The lowest BCUT2D eigenvalue weighted by atomic mass is 10.0. The van der Waals surface area contributed by atoms with Crippen LogP contribution in [0, 0.1) is 6.92 Å². The number of aromatic nitrogens is 1. The third-order valence-corrected chi connectivity index (χ3v) is 2.70. The highest BCUT2D eigenvalue weighted by molar-refractivity contribution is 6.04. The van der Waals surface area contributed by atoms with Gasteiger partial charge in [0.1, 0.15) is 0 Å². The fourth-order valence-electron chi connectivity index (χ4n) is 1.52. The maximum atomic E-state index is 11.8. The number of hydrogen-bond donors (Lipinski definition) is 2. The zero-order chi connectivity index (χ0) is 11.5. The summed E-state index contributed by atoms with van der Waals surface area (Å²) >= 11 is 0. The molecule has 2 N–H and O–H groups in total. The topological polar surface area (TPSA) is 54.0 Å². The van der Waals surface area contributed by atoms with Gasteiger partial charge >= 0.3 is 0 Å². The molecule has 84 valence electrons. The Morgan fingerprint density at radius 3 is 2.81 bits per heavy atom. The summed E-state index contributed by atoms with van der Waals surface area (Å²) in [5.41, 5.74) is 3.69. The van der Waals surface area contributed by atoms with Crippen molar-refractivity contribution in [1.29, 1.82) is 0 Å². The summed E-state index contributed by atoms with van der Waals surface area (Å²) in [5, 5.41) is 5.99. The van der Waals surface area contributed by atoms with E-state index in [0.29, 0.717) is 0 Å². The Balaban J connectivity index is 2.07. The molecule has 1 aromatic heterocycles. The fourth-order valence-corrected chi connectivity index (χ4v) is 1.52. The van der Waals surface area contributed by atoms with E-state index in [1.807, 2.05) is 19.9 Å². The van der Waals surface area contributed by atoms with Gasteiger partial charge in [-0.25, -0.2) is 0 Å². The summed E-state index contributed by atoms with van der Waals surface area (Å²) in [6, 6.07) is 3.65. The molecule has 1 aliphatic rings. The Morgan fingerprint density at radius 2 is 2.25 bits per heavy atom. The van der Waals surface area contributed by atoms with Crippen LogP contribution in [0.3, 0.4) is 0 Å². The monoisotopic (exact) mass is 217 g/mol. The molecule has 0 spiro atoms. The van der Waals surface area contributed by atoms with Crippen LogP contribution in [0.2, 0.25) is 0 Å². The molecule has 1 aliphatic heterocycles. The van der Waals surface area contributed by atoms with Gasteiger partial charge in [0.05, 0.1) is 0 Å². The molecule has 4 heteroatoms. The molecule has 0 radical (unpaired) electrons. The second-order valence-corrected chi connectivity index (χ2v) is 3.97. The van der Waals surface area contributed by atoms with Crippen LogP contribution in [-0.2, 0) is 4.79 Å². The average molecular weight is 217 g/mol. The molecule has 0 unspecified atom stereocenters. The summed E-state index contributed by atoms with van der Waals surface area (Å²) in [4.78, 5) is 15.9. The normalized spacial score (nSPS) is 14.2. The molecule has 2 heterocycles. The number of rotatable bonds is 2.